The van der Waals surface area contributed by atoms with Crippen LogP contribution in [-0.2, 0) is 9.53 Å². The van der Waals surface area contributed by atoms with Crippen LogP contribution in [0.2, 0.25) is 5.02 Å². The molecule has 1 heterocycles. The number of piperidine rings is 1. The third-order valence-electron chi connectivity index (χ3n) is 3.67. The van der Waals surface area contributed by atoms with E-state index in [9.17, 15) is 4.79 Å². The number of rotatable bonds is 7. The Morgan fingerprint density at radius 1 is 1.30 bits per heavy atom. The van der Waals surface area contributed by atoms with E-state index in [1.54, 1.807) is 11.8 Å². The minimum Gasteiger partial charge on any atom is -0.378 e. The van der Waals surface area contributed by atoms with Crippen LogP contribution >= 0.6 is 35.8 Å². The van der Waals surface area contributed by atoms with Gasteiger partial charge in [0.05, 0.1) is 11.9 Å². The highest BCUT2D eigenvalue weighted by molar-refractivity contribution is 8.00. The highest BCUT2D eigenvalue weighted by atomic mass is 35.5. The fourth-order valence-corrected chi connectivity index (χ4v) is 3.30. The summed E-state index contributed by atoms with van der Waals surface area (Å²) in [6.45, 7) is 2.96. The zero-order valence-corrected chi connectivity index (χ0v) is 15.5. The Labute approximate surface area is 153 Å². The lowest BCUT2D eigenvalue weighted by Gasteiger charge is -2.32. The second-order valence-corrected chi connectivity index (χ2v) is 6.82. The molecule has 0 aliphatic carbocycles. The summed E-state index contributed by atoms with van der Waals surface area (Å²) >= 11 is 7.41. The largest absolute Gasteiger partial charge is 0.378 e. The van der Waals surface area contributed by atoms with Crippen LogP contribution in [0.3, 0.4) is 0 Å². The van der Waals surface area contributed by atoms with Gasteiger partial charge in [-0.1, -0.05) is 11.6 Å². The van der Waals surface area contributed by atoms with Crippen LogP contribution in [0.25, 0.3) is 0 Å². The third-order valence-corrected chi connectivity index (χ3v) is 4.92. The molecular formula is C16H24Cl2N2O2S. The lowest BCUT2D eigenvalue weighted by molar-refractivity contribution is -0.130. The highest BCUT2D eigenvalue weighted by Crippen LogP contribution is 2.22. The van der Waals surface area contributed by atoms with Crippen LogP contribution < -0.4 is 5.73 Å². The molecule has 1 fully saturated rings. The quantitative estimate of drug-likeness (QED) is 0.584. The summed E-state index contributed by atoms with van der Waals surface area (Å²) in [6, 6.07) is 7.58. The van der Waals surface area contributed by atoms with Gasteiger partial charge in [-0.15, -0.1) is 24.2 Å². The fraction of sp³-hybridized carbons (Fsp3) is 0.562. The standard InChI is InChI=1S/C16H23ClN2O2S.ClH/c17-13-2-4-15(5-3-13)22-12-16(20)19-9-6-14(7-10-19)21-11-1-8-18;/h2-5,14H,1,6-12,18H2;1H. The second kappa shape index (κ2) is 11.2. The van der Waals surface area contributed by atoms with Crippen molar-refractivity contribution in [2.75, 3.05) is 32.0 Å². The van der Waals surface area contributed by atoms with Crippen molar-refractivity contribution < 1.29 is 9.53 Å². The Morgan fingerprint density at radius 3 is 2.57 bits per heavy atom. The van der Waals surface area contributed by atoms with E-state index >= 15 is 0 Å². The molecule has 1 aliphatic rings. The molecule has 0 aromatic heterocycles. The lowest BCUT2D eigenvalue weighted by atomic mass is 10.1. The molecule has 0 radical (unpaired) electrons. The number of ether oxygens (including phenoxy) is 1. The summed E-state index contributed by atoms with van der Waals surface area (Å²) in [6.07, 6.45) is 3.01. The van der Waals surface area contributed by atoms with Crippen LogP contribution in [0, 0.1) is 0 Å². The number of halogens is 2. The maximum Gasteiger partial charge on any atom is 0.232 e. The van der Waals surface area contributed by atoms with Crippen molar-refractivity contribution in [3.63, 3.8) is 0 Å². The van der Waals surface area contributed by atoms with Gasteiger partial charge in [0.2, 0.25) is 5.91 Å². The first-order chi connectivity index (χ1) is 10.7. The van der Waals surface area contributed by atoms with Crippen molar-refractivity contribution in [2.24, 2.45) is 5.73 Å². The summed E-state index contributed by atoms with van der Waals surface area (Å²) in [5, 5.41) is 0.715. The van der Waals surface area contributed by atoms with Crippen LogP contribution in [0.1, 0.15) is 19.3 Å². The van der Waals surface area contributed by atoms with E-state index < -0.39 is 0 Å². The zero-order chi connectivity index (χ0) is 15.8. The molecule has 1 saturated heterocycles. The van der Waals surface area contributed by atoms with Crippen LogP contribution in [-0.4, -0.2) is 48.9 Å². The van der Waals surface area contributed by atoms with Crippen molar-refractivity contribution in [3.8, 4) is 0 Å². The zero-order valence-electron chi connectivity index (χ0n) is 13.1. The summed E-state index contributed by atoms with van der Waals surface area (Å²) in [7, 11) is 0. The molecule has 1 aromatic carbocycles. The normalized spacial score (nSPS) is 15.3. The van der Waals surface area contributed by atoms with Gasteiger partial charge in [0.1, 0.15) is 0 Å². The first-order valence-electron chi connectivity index (χ1n) is 7.67. The third kappa shape index (κ3) is 7.31. The van der Waals surface area contributed by atoms with Crippen LogP contribution in [0.5, 0.6) is 0 Å². The summed E-state index contributed by atoms with van der Waals surface area (Å²) in [4.78, 5) is 15.2. The minimum atomic E-state index is 0. The Bertz CT molecular complexity index is 466. The number of hydrogen-bond acceptors (Lipinski definition) is 4. The van der Waals surface area contributed by atoms with Crippen molar-refractivity contribution in [3.05, 3.63) is 29.3 Å². The smallest absolute Gasteiger partial charge is 0.232 e. The SMILES string of the molecule is Cl.NCCCOC1CCN(C(=O)CSc2ccc(Cl)cc2)CC1. The van der Waals surface area contributed by atoms with E-state index in [1.165, 1.54) is 0 Å². The predicted molar refractivity (Wildman–Crippen MR) is 98.6 cm³/mol. The molecule has 0 spiro atoms. The molecule has 2 rings (SSSR count). The van der Waals surface area contributed by atoms with Crippen molar-refractivity contribution in [1.82, 2.24) is 4.90 Å². The molecule has 2 N–H and O–H groups in total. The number of likely N-dealkylation sites (tertiary alicyclic amines) is 1. The van der Waals surface area contributed by atoms with Gasteiger partial charge in [-0.2, -0.15) is 0 Å². The average molecular weight is 379 g/mol. The molecule has 0 atom stereocenters. The fourth-order valence-electron chi connectivity index (χ4n) is 2.37. The first-order valence-corrected chi connectivity index (χ1v) is 9.03. The van der Waals surface area contributed by atoms with Crippen LogP contribution in [0.15, 0.2) is 29.2 Å². The molecule has 1 amide bonds. The van der Waals surface area contributed by atoms with Crippen molar-refractivity contribution in [2.45, 2.75) is 30.3 Å². The number of nitrogens with two attached hydrogens (primary N) is 1. The van der Waals surface area contributed by atoms with Gasteiger partial charge in [0, 0.05) is 29.6 Å². The van der Waals surface area contributed by atoms with Crippen molar-refractivity contribution >= 4 is 41.7 Å². The van der Waals surface area contributed by atoms with Gasteiger partial charge in [-0.05, 0) is 50.1 Å². The van der Waals surface area contributed by atoms with Crippen molar-refractivity contribution in [1.29, 1.82) is 0 Å². The maximum absolute atomic E-state index is 12.2. The molecule has 130 valence electrons. The number of amides is 1. The average Bonchev–Trinajstić information content (AvgIpc) is 2.55. The lowest BCUT2D eigenvalue weighted by Crippen LogP contribution is -2.41. The number of hydrogen-bond donors (Lipinski definition) is 1. The van der Waals surface area contributed by atoms with E-state index in [-0.39, 0.29) is 24.4 Å². The number of benzene rings is 1. The molecule has 1 aliphatic heterocycles. The van der Waals surface area contributed by atoms with Gasteiger partial charge in [-0.3, -0.25) is 4.79 Å². The highest BCUT2D eigenvalue weighted by Gasteiger charge is 2.22. The first kappa shape index (κ1) is 20.6. The maximum atomic E-state index is 12.2. The summed E-state index contributed by atoms with van der Waals surface area (Å²) < 4.78 is 5.76. The Kier molecular flexibility index (Phi) is 9.99. The minimum absolute atomic E-state index is 0. The Balaban J connectivity index is 0.00000264. The molecular weight excluding hydrogens is 355 g/mol. The van der Waals surface area contributed by atoms with Gasteiger partial charge in [-0.25, -0.2) is 0 Å². The summed E-state index contributed by atoms with van der Waals surface area (Å²) in [5.74, 6) is 0.667. The van der Waals surface area contributed by atoms with E-state index in [1.807, 2.05) is 29.2 Å². The van der Waals surface area contributed by atoms with Gasteiger partial charge in [0.15, 0.2) is 0 Å². The molecule has 4 nitrogen and oxygen atoms in total. The predicted octanol–water partition coefficient (Wildman–Crippen LogP) is 3.21. The molecule has 23 heavy (non-hydrogen) atoms. The topological polar surface area (TPSA) is 55.6 Å². The molecule has 0 unspecified atom stereocenters. The van der Waals surface area contributed by atoms with E-state index in [2.05, 4.69) is 0 Å². The van der Waals surface area contributed by atoms with Crippen LogP contribution in [0.4, 0.5) is 0 Å². The number of carbonyl (C=O) groups excluding carboxylic acids is 1. The Morgan fingerprint density at radius 2 is 1.96 bits per heavy atom. The second-order valence-electron chi connectivity index (χ2n) is 5.34. The molecule has 1 aromatic rings. The van der Waals surface area contributed by atoms with Gasteiger partial charge in [0.25, 0.3) is 0 Å². The Hall–Kier alpha value is -0.460. The van der Waals surface area contributed by atoms with E-state index in [4.69, 9.17) is 22.1 Å². The monoisotopic (exact) mass is 378 g/mol. The van der Waals surface area contributed by atoms with E-state index in [0.717, 1.165) is 43.9 Å². The van der Waals surface area contributed by atoms with Gasteiger partial charge >= 0.3 is 0 Å². The molecule has 0 saturated carbocycles. The van der Waals surface area contributed by atoms with E-state index in [0.29, 0.717) is 17.3 Å². The number of carbonyl (C=O) groups is 1. The molecule has 0 bridgehead atoms. The van der Waals surface area contributed by atoms with Gasteiger partial charge < -0.3 is 15.4 Å². The number of nitrogens with zero attached hydrogens (tertiary/aromatic N) is 1. The summed E-state index contributed by atoms with van der Waals surface area (Å²) in [5.41, 5.74) is 5.45. The molecule has 7 heteroatoms. The number of thioether (sulfide) groups is 1.